The zero-order valence-corrected chi connectivity index (χ0v) is 16.4. The number of nitrogens with one attached hydrogen (secondary N) is 1. The summed E-state index contributed by atoms with van der Waals surface area (Å²) in [5, 5.41) is 3.10. The van der Waals surface area contributed by atoms with Crippen LogP contribution in [0.5, 0.6) is 0 Å². The van der Waals surface area contributed by atoms with E-state index in [4.69, 9.17) is 4.74 Å². The Balaban J connectivity index is 1.64. The van der Waals surface area contributed by atoms with Gasteiger partial charge in [-0.25, -0.2) is 4.79 Å². The highest BCUT2D eigenvalue weighted by atomic mass is 16.5. The van der Waals surface area contributed by atoms with E-state index in [-0.39, 0.29) is 11.9 Å². The number of carbonyl (C=O) groups is 2. The van der Waals surface area contributed by atoms with E-state index in [0.29, 0.717) is 25.0 Å². The zero-order chi connectivity index (χ0) is 19.6. The Kier molecular flexibility index (Phi) is 5.21. The topological polar surface area (TPSA) is 55.4 Å². The van der Waals surface area contributed by atoms with Crippen LogP contribution >= 0.6 is 0 Å². The second-order valence-electron chi connectivity index (χ2n) is 7.94. The third kappa shape index (κ3) is 3.44. The largest absolute Gasteiger partial charge is 0.464 e. The summed E-state index contributed by atoms with van der Waals surface area (Å²) in [6, 6.07) is 13.9. The fourth-order valence-electron chi connectivity index (χ4n) is 4.51. The lowest BCUT2D eigenvalue weighted by Crippen LogP contribution is -2.56. The van der Waals surface area contributed by atoms with Crippen LogP contribution < -0.4 is 5.32 Å². The molecule has 0 saturated carbocycles. The van der Waals surface area contributed by atoms with Crippen molar-refractivity contribution in [2.24, 2.45) is 0 Å². The maximum absolute atomic E-state index is 13.3. The molecule has 0 radical (unpaired) electrons. The van der Waals surface area contributed by atoms with Crippen LogP contribution in [-0.4, -0.2) is 24.0 Å². The van der Waals surface area contributed by atoms with Crippen molar-refractivity contribution in [3.8, 4) is 0 Å². The van der Waals surface area contributed by atoms with Gasteiger partial charge < -0.3 is 10.1 Å². The zero-order valence-electron chi connectivity index (χ0n) is 16.4. The summed E-state index contributed by atoms with van der Waals surface area (Å²) in [4.78, 5) is 26.3. The van der Waals surface area contributed by atoms with Crippen LogP contribution in [0, 0.1) is 0 Å². The molecule has 2 aromatic rings. The number of amides is 1. The molecule has 1 amide bonds. The number of esters is 1. The van der Waals surface area contributed by atoms with E-state index in [1.165, 1.54) is 12.0 Å². The summed E-state index contributed by atoms with van der Waals surface area (Å²) in [7, 11) is 0. The van der Waals surface area contributed by atoms with Crippen molar-refractivity contribution in [1.82, 2.24) is 5.32 Å². The summed E-state index contributed by atoms with van der Waals surface area (Å²) in [5.74, 6) is -0.497. The first kappa shape index (κ1) is 18.7. The molecule has 0 unspecified atom stereocenters. The maximum atomic E-state index is 13.3. The van der Waals surface area contributed by atoms with Crippen LogP contribution in [0.3, 0.4) is 0 Å². The third-order valence-corrected chi connectivity index (χ3v) is 5.92. The Bertz CT molecular complexity index is 877. The predicted molar refractivity (Wildman–Crippen MR) is 108 cm³/mol. The molecular formula is C24H27NO3. The molecule has 4 rings (SSSR count). The van der Waals surface area contributed by atoms with Crippen LogP contribution in [0.25, 0.3) is 0 Å². The first-order chi connectivity index (χ1) is 13.6. The number of hydrogen-bond donors (Lipinski definition) is 1. The fraction of sp³-hybridized carbons (Fsp3) is 0.417. The highest BCUT2D eigenvalue weighted by molar-refractivity contribution is 6.00. The van der Waals surface area contributed by atoms with E-state index in [1.807, 2.05) is 43.3 Å². The van der Waals surface area contributed by atoms with Crippen LogP contribution in [0.15, 0.2) is 42.5 Å². The second kappa shape index (κ2) is 7.78. The van der Waals surface area contributed by atoms with Gasteiger partial charge in [0.05, 0.1) is 6.61 Å². The minimum absolute atomic E-state index is 0.167. The molecule has 0 spiro atoms. The van der Waals surface area contributed by atoms with E-state index in [9.17, 15) is 9.59 Å². The van der Waals surface area contributed by atoms with E-state index >= 15 is 0 Å². The Labute approximate surface area is 166 Å². The standard InChI is InChI=1S/C24H27NO3/c1-2-14-28-23(27)24(15-18-9-3-4-10-19(18)16-24)25-22(26)21-13-7-11-17-8-5-6-12-20(17)21/h3-4,7,9-11,13H,2,5-6,8,12,14-16H2,1H3,(H,25,26). The predicted octanol–water partition coefficient (Wildman–Crippen LogP) is 3.79. The highest BCUT2D eigenvalue weighted by Crippen LogP contribution is 2.32. The minimum Gasteiger partial charge on any atom is -0.464 e. The summed E-state index contributed by atoms with van der Waals surface area (Å²) in [5.41, 5.74) is 4.29. The second-order valence-corrected chi connectivity index (χ2v) is 7.94. The van der Waals surface area contributed by atoms with Crippen molar-refractivity contribution in [2.75, 3.05) is 6.61 Å². The number of carbonyl (C=O) groups excluding carboxylic acids is 2. The van der Waals surface area contributed by atoms with Crippen molar-refractivity contribution in [2.45, 2.75) is 57.4 Å². The quantitative estimate of drug-likeness (QED) is 0.807. The monoisotopic (exact) mass is 377 g/mol. The van der Waals surface area contributed by atoms with Crippen LogP contribution in [0.1, 0.15) is 58.8 Å². The molecule has 4 nitrogen and oxygen atoms in total. The fourth-order valence-corrected chi connectivity index (χ4v) is 4.51. The lowest BCUT2D eigenvalue weighted by atomic mass is 9.87. The number of aryl methyl sites for hydroxylation is 1. The molecule has 0 aromatic heterocycles. The average molecular weight is 377 g/mol. The van der Waals surface area contributed by atoms with Gasteiger partial charge in [0.15, 0.2) is 0 Å². The summed E-state index contributed by atoms with van der Waals surface area (Å²) >= 11 is 0. The lowest BCUT2D eigenvalue weighted by molar-refractivity contribution is -0.151. The van der Waals surface area contributed by atoms with E-state index in [2.05, 4.69) is 11.4 Å². The van der Waals surface area contributed by atoms with Crippen LogP contribution in [0.4, 0.5) is 0 Å². The van der Waals surface area contributed by atoms with Crippen LogP contribution in [-0.2, 0) is 35.2 Å². The molecule has 28 heavy (non-hydrogen) atoms. The van der Waals surface area contributed by atoms with Gasteiger partial charge in [0.25, 0.3) is 5.91 Å². The average Bonchev–Trinajstić information content (AvgIpc) is 3.10. The van der Waals surface area contributed by atoms with Gasteiger partial charge in [0.2, 0.25) is 0 Å². The van der Waals surface area contributed by atoms with Gasteiger partial charge in [0.1, 0.15) is 5.54 Å². The van der Waals surface area contributed by atoms with Crippen molar-refractivity contribution in [1.29, 1.82) is 0 Å². The molecule has 4 heteroatoms. The van der Waals surface area contributed by atoms with Crippen molar-refractivity contribution < 1.29 is 14.3 Å². The first-order valence-electron chi connectivity index (χ1n) is 10.3. The lowest BCUT2D eigenvalue weighted by Gasteiger charge is -2.29. The number of benzene rings is 2. The Morgan fingerprint density at radius 1 is 0.964 bits per heavy atom. The highest BCUT2D eigenvalue weighted by Gasteiger charge is 2.46. The molecule has 0 saturated heterocycles. The molecule has 2 aliphatic rings. The maximum Gasteiger partial charge on any atom is 0.332 e. The summed E-state index contributed by atoms with van der Waals surface area (Å²) in [6.45, 7) is 2.34. The van der Waals surface area contributed by atoms with Gasteiger partial charge in [0, 0.05) is 18.4 Å². The number of rotatable bonds is 5. The normalized spacial score (nSPS) is 16.8. The summed E-state index contributed by atoms with van der Waals surface area (Å²) in [6.07, 6.45) is 5.93. The molecule has 1 N–H and O–H groups in total. The molecule has 0 atom stereocenters. The van der Waals surface area contributed by atoms with Gasteiger partial charge in [-0.05, 0) is 60.4 Å². The molecule has 0 bridgehead atoms. The molecule has 2 aliphatic carbocycles. The molecular weight excluding hydrogens is 350 g/mol. The van der Waals surface area contributed by atoms with Gasteiger partial charge >= 0.3 is 5.97 Å². The Morgan fingerprint density at radius 2 is 1.64 bits per heavy atom. The number of fused-ring (bicyclic) bond motifs is 2. The van der Waals surface area contributed by atoms with Gasteiger partial charge in [-0.3, -0.25) is 4.79 Å². The Morgan fingerprint density at radius 3 is 2.36 bits per heavy atom. The van der Waals surface area contributed by atoms with Crippen LogP contribution in [0.2, 0.25) is 0 Å². The molecule has 0 aliphatic heterocycles. The Hall–Kier alpha value is -2.62. The van der Waals surface area contributed by atoms with Gasteiger partial charge in [-0.2, -0.15) is 0 Å². The SMILES string of the molecule is CCCOC(=O)C1(NC(=O)c2cccc3c2CCCC3)Cc2ccccc2C1. The minimum atomic E-state index is -1.02. The third-order valence-electron chi connectivity index (χ3n) is 5.92. The number of ether oxygens (including phenoxy) is 1. The van der Waals surface area contributed by atoms with Crippen molar-refractivity contribution in [3.05, 3.63) is 70.3 Å². The van der Waals surface area contributed by atoms with Gasteiger partial charge in [-0.1, -0.05) is 43.3 Å². The van der Waals surface area contributed by atoms with E-state index in [0.717, 1.165) is 42.4 Å². The molecule has 146 valence electrons. The first-order valence-corrected chi connectivity index (χ1v) is 10.3. The van der Waals surface area contributed by atoms with Gasteiger partial charge in [-0.15, -0.1) is 0 Å². The number of hydrogen-bond acceptors (Lipinski definition) is 3. The smallest absolute Gasteiger partial charge is 0.332 e. The van der Waals surface area contributed by atoms with Crippen molar-refractivity contribution in [3.63, 3.8) is 0 Å². The van der Waals surface area contributed by atoms with Crippen molar-refractivity contribution >= 4 is 11.9 Å². The summed E-state index contributed by atoms with van der Waals surface area (Å²) < 4.78 is 5.51. The molecule has 0 heterocycles. The van der Waals surface area contributed by atoms with E-state index in [1.54, 1.807) is 0 Å². The molecule has 2 aromatic carbocycles. The van der Waals surface area contributed by atoms with E-state index < -0.39 is 5.54 Å². The molecule has 0 fully saturated rings.